The lowest BCUT2D eigenvalue weighted by molar-refractivity contribution is 0.600. The molecule has 0 saturated heterocycles. The van der Waals surface area contributed by atoms with Crippen LogP contribution in [-0.4, -0.2) is 18.7 Å². The maximum Gasteiger partial charge on any atom is 0.237 e. The van der Waals surface area contributed by atoms with Crippen LogP contribution in [0.2, 0.25) is 0 Å². The lowest BCUT2D eigenvalue weighted by Gasteiger charge is -2.01. The van der Waals surface area contributed by atoms with Crippen molar-refractivity contribution in [2.24, 2.45) is 5.73 Å². The Morgan fingerprint density at radius 2 is 2.21 bits per heavy atom. The Labute approximate surface area is 119 Å². The molecular formula is C11H13N3O2S3. The molecule has 1 saturated carbocycles. The standard InChI is InChI=1S/C11H13N3O2S3/c12-5-7-1-4-10(18-7)9-6-17-11(13-9)14-19(15,16)8-2-3-8/h1,4,6,8H,2-3,5,12H2,(H,13,14). The molecule has 0 aromatic carbocycles. The van der Waals surface area contributed by atoms with Crippen molar-refractivity contribution >= 4 is 37.8 Å². The first-order valence-electron chi connectivity index (χ1n) is 5.85. The minimum Gasteiger partial charge on any atom is -0.326 e. The molecule has 0 aliphatic heterocycles. The van der Waals surface area contributed by atoms with E-state index in [0.717, 1.165) is 28.3 Å². The van der Waals surface area contributed by atoms with Crippen molar-refractivity contribution in [3.63, 3.8) is 0 Å². The van der Waals surface area contributed by atoms with Gasteiger partial charge in [-0.05, 0) is 25.0 Å². The van der Waals surface area contributed by atoms with Gasteiger partial charge in [-0.25, -0.2) is 13.4 Å². The fraction of sp³-hybridized carbons (Fsp3) is 0.364. The topological polar surface area (TPSA) is 85.1 Å². The first-order chi connectivity index (χ1) is 9.08. The van der Waals surface area contributed by atoms with Crippen LogP contribution in [0.5, 0.6) is 0 Å². The quantitative estimate of drug-likeness (QED) is 0.886. The Bertz CT molecular complexity index is 686. The number of rotatable bonds is 5. The highest BCUT2D eigenvalue weighted by molar-refractivity contribution is 7.93. The van der Waals surface area contributed by atoms with Crippen LogP contribution in [0.4, 0.5) is 5.13 Å². The number of sulfonamides is 1. The molecule has 0 atom stereocenters. The SMILES string of the molecule is NCc1ccc(-c2csc(NS(=O)(=O)C3CC3)n2)s1. The third-order valence-electron chi connectivity index (χ3n) is 2.81. The van der Waals surface area contributed by atoms with Gasteiger partial charge in [0.1, 0.15) is 0 Å². The largest absolute Gasteiger partial charge is 0.326 e. The van der Waals surface area contributed by atoms with E-state index < -0.39 is 10.0 Å². The summed E-state index contributed by atoms with van der Waals surface area (Å²) in [6.07, 6.45) is 1.50. The molecule has 1 aliphatic carbocycles. The number of hydrogen-bond acceptors (Lipinski definition) is 6. The molecule has 102 valence electrons. The molecule has 8 heteroatoms. The van der Waals surface area contributed by atoms with E-state index in [1.165, 1.54) is 11.3 Å². The third kappa shape index (κ3) is 2.81. The maximum absolute atomic E-state index is 11.8. The van der Waals surface area contributed by atoms with Gasteiger partial charge in [0.15, 0.2) is 5.13 Å². The molecule has 3 rings (SSSR count). The number of nitrogens with two attached hydrogens (primary N) is 1. The lowest BCUT2D eigenvalue weighted by atomic mass is 10.4. The van der Waals surface area contributed by atoms with Gasteiger partial charge >= 0.3 is 0 Å². The Kier molecular flexibility index (Phi) is 3.34. The van der Waals surface area contributed by atoms with E-state index in [0.29, 0.717) is 11.7 Å². The van der Waals surface area contributed by atoms with Crippen LogP contribution in [0, 0.1) is 0 Å². The normalized spacial score (nSPS) is 15.6. The molecule has 1 aliphatic rings. The molecule has 0 spiro atoms. The van der Waals surface area contributed by atoms with Crippen molar-refractivity contribution in [2.75, 3.05) is 4.72 Å². The van der Waals surface area contributed by atoms with E-state index in [1.807, 2.05) is 17.5 Å². The van der Waals surface area contributed by atoms with Crippen LogP contribution in [0.25, 0.3) is 10.6 Å². The van der Waals surface area contributed by atoms with Crippen LogP contribution in [0.3, 0.4) is 0 Å². The van der Waals surface area contributed by atoms with E-state index in [4.69, 9.17) is 5.73 Å². The zero-order chi connectivity index (χ0) is 13.5. The maximum atomic E-state index is 11.8. The minimum atomic E-state index is -3.23. The van der Waals surface area contributed by atoms with Crippen molar-refractivity contribution in [3.05, 3.63) is 22.4 Å². The van der Waals surface area contributed by atoms with E-state index in [9.17, 15) is 8.42 Å². The van der Waals surface area contributed by atoms with Crippen LogP contribution in [0.1, 0.15) is 17.7 Å². The van der Waals surface area contributed by atoms with Gasteiger partial charge in [0.2, 0.25) is 10.0 Å². The summed E-state index contributed by atoms with van der Waals surface area (Å²) in [4.78, 5) is 6.42. The number of hydrogen-bond donors (Lipinski definition) is 2. The first kappa shape index (κ1) is 13.0. The highest BCUT2D eigenvalue weighted by Gasteiger charge is 2.36. The van der Waals surface area contributed by atoms with Crippen LogP contribution >= 0.6 is 22.7 Å². The number of nitrogens with zero attached hydrogens (tertiary/aromatic N) is 1. The molecule has 2 heterocycles. The number of thiazole rings is 1. The molecule has 5 nitrogen and oxygen atoms in total. The molecule has 0 amide bonds. The van der Waals surface area contributed by atoms with Crippen LogP contribution < -0.4 is 10.5 Å². The summed E-state index contributed by atoms with van der Waals surface area (Å²) in [5, 5.41) is 2.06. The van der Waals surface area contributed by atoms with Crippen molar-refractivity contribution in [1.82, 2.24) is 4.98 Å². The van der Waals surface area contributed by atoms with Crippen molar-refractivity contribution in [1.29, 1.82) is 0 Å². The van der Waals surface area contributed by atoms with E-state index in [-0.39, 0.29) is 5.25 Å². The van der Waals surface area contributed by atoms with Gasteiger partial charge in [-0.2, -0.15) is 0 Å². The zero-order valence-corrected chi connectivity index (χ0v) is 12.4. The number of anilines is 1. The van der Waals surface area contributed by atoms with Gasteiger partial charge < -0.3 is 5.73 Å². The summed E-state index contributed by atoms with van der Waals surface area (Å²) in [6, 6.07) is 3.93. The lowest BCUT2D eigenvalue weighted by Crippen LogP contribution is -2.17. The molecule has 0 bridgehead atoms. The van der Waals surface area contributed by atoms with E-state index in [2.05, 4.69) is 9.71 Å². The van der Waals surface area contributed by atoms with Crippen LogP contribution in [0.15, 0.2) is 17.5 Å². The Morgan fingerprint density at radius 1 is 1.42 bits per heavy atom. The molecule has 0 unspecified atom stereocenters. The summed E-state index contributed by atoms with van der Waals surface area (Å²) in [6.45, 7) is 0.510. The number of nitrogens with one attached hydrogen (secondary N) is 1. The van der Waals surface area contributed by atoms with E-state index in [1.54, 1.807) is 11.3 Å². The summed E-state index contributed by atoms with van der Waals surface area (Å²) in [5.74, 6) is 0. The Hall–Kier alpha value is -0.960. The summed E-state index contributed by atoms with van der Waals surface area (Å²) < 4.78 is 26.2. The number of aromatic nitrogens is 1. The Morgan fingerprint density at radius 3 is 2.84 bits per heavy atom. The summed E-state index contributed by atoms with van der Waals surface area (Å²) >= 11 is 2.89. The second-order valence-corrected chi connectivity index (χ2v) is 8.34. The average molecular weight is 315 g/mol. The van der Waals surface area contributed by atoms with E-state index >= 15 is 0 Å². The average Bonchev–Trinajstić information content (AvgIpc) is 2.98. The van der Waals surface area contributed by atoms with Gasteiger partial charge in [0, 0.05) is 16.8 Å². The van der Waals surface area contributed by atoms with Crippen molar-refractivity contribution in [3.8, 4) is 10.6 Å². The third-order valence-corrected chi connectivity index (χ3v) is 6.66. The molecule has 19 heavy (non-hydrogen) atoms. The van der Waals surface area contributed by atoms with Gasteiger partial charge in [-0.1, -0.05) is 0 Å². The summed E-state index contributed by atoms with van der Waals surface area (Å²) in [5.41, 5.74) is 6.37. The Balaban J connectivity index is 1.79. The second-order valence-electron chi connectivity index (χ2n) is 4.35. The highest BCUT2D eigenvalue weighted by atomic mass is 32.2. The molecule has 2 aromatic heterocycles. The molecule has 1 fully saturated rings. The monoisotopic (exact) mass is 315 g/mol. The van der Waals surface area contributed by atoms with Gasteiger partial charge in [-0.3, -0.25) is 4.72 Å². The molecule has 2 aromatic rings. The fourth-order valence-corrected chi connectivity index (χ4v) is 4.87. The van der Waals surface area contributed by atoms with Crippen molar-refractivity contribution in [2.45, 2.75) is 24.6 Å². The second kappa shape index (κ2) is 4.86. The van der Waals surface area contributed by atoms with Gasteiger partial charge in [0.25, 0.3) is 0 Å². The molecule has 3 N–H and O–H groups in total. The van der Waals surface area contributed by atoms with Crippen molar-refractivity contribution < 1.29 is 8.42 Å². The number of thiophene rings is 1. The minimum absolute atomic E-state index is 0.231. The molecule has 0 radical (unpaired) electrons. The first-order valence-corrected chi connectivity index (χ1v) is 9.09. The fourth-order valence-electron chi connectivity index (χ4n) is 1.64. The highest BCUT2D eigenvalue weighted by Crippen LogP contribution is 2.33. The van der Waals surface area contributed by atoms with Gasteiger partial charge in [-0.15, -0.1) is 22.7 Å². The van der Waals surface area contributed by atoms with Crippen LogP contribution in [-0.2, 0) is 16.6 Å². The predicted octanol–water partition coefficient (Wildman–Crippen LogP) is 2.23. The molecular weight excluding hydrogens is 302 g/mol. The zero-order valence-electron chi connectivity index (χ0n) is 10.00. The predicted molar refractivity (Wildman–Crippen MR) is 78.9 cm³/mol. The summed E-state index contributed by atoms with van der Waals surface area (Å²) in [7, 11) is -3.23. The smallest absolute Gasteiger partial charge is 0.237 e. The van der Waals surface area contributed by atoms with Gasteiger partial charge in [0.05, 0.1) is 15.8 Å².